The van der Waals surface area contributed by atoms with Crippen LogP contribution in [0.3, 0.4) is 0 Å². The number of halogens is 2. The van der Waals surface area contributed by atoms with E-state index in [0.717, 1.165) is 12.2 Å². The fourth-order valence-electron chi connectivity index (χ4n) is 2.79. The Kier molecular flexibility index (Phi) is 7.83. The van der Waals surface area contributed by atoms with Crippen LogP contribution in [0.15, 0.2) is 41.3 Å². The van der Waals surface area contributed by atoms with Crippen molar-refractivity contribution >= 4 is 50.8 Å². The summed E-state index contributed by atoms with van der Waals surface area (Å²) in [5.74, 6) is 0.0221. The van der Waals surface area contributed by atoms with Gasteiger partial charge in [-0.1, -0.05) is 17.7 Å². The van der Waals surface area contributed by atoms with E-state index >= 15 is 0 Å². The first-order valence-corrected chi connectivity index (χ1v) is 10.8. The molecule has 3 rings (SSSR count). The van der Waals surface area contributed by atoms with Gasteiger partial charge in [0.2, 0.25) is 11.8 Å². The van der Waals surface area contributed by atoms with Crippen LogP contribution in [0.5, 0.6) is 5.88 Å². The van der Waals surface area contributed by atoms with Crippen molar-refractivity contribution in [2.75, 3.05) is 30.8 Å². The van der Waals surface area contributed by atoms with Gasteiger partial charge >= 0.3 is 0 Å². The number of carbonyl (C=O) groups is 1. The van der Waals surface area contributed by atoms with E-state index in [0.29, 0.717) is 27.7 Å². The second-order valence-electron chi connectivity index (χ2n) is 6.64. The molecule has 0 spiro atoms. The van der Waals surface area contributed by atoms with E-state index in [-0.39, 0.29) is 17.5 Å². The molecular weight excluding hydrogens is 486 g/mol. The molecule has 0 aliphatic rings. The van der Waals surface area contributed by atoms with Crippen molar-refractivity contribution in [3.8, 4) is 5.88 Å². The zero-order valence-corrected chi connectivity index (χ0v) is 19.7. The fraction of sp³-hybridized carbons (Fsp3) is 0.300. The number of nitrogens with zero attached hydrogens (tertiary/aromatic N) is 4. The van der Waals surface area contributed by atoms with Gasteiger partial charge < -0.3 is 20.7 Å². The minimum absolute atomic E-state index is 0.164. The number of nitrogens with one attached hydrogen (secondary N) is 3. The highest BCUT2D eigenvalue weighted by molar-refractivity contribution is 9.10. The van der Waals surface area contributed by atoms with Gasteiger partial charge in [0.1, 0.15) is 5.56 Å². The molecule has 0 bridgehead atoms. The Bertz CT molecular complexity index is 1040. The van der Waals surface area contributed by atoms with Crippen molar-refractivity contribution < 1.29 is 9.53 Å². The molecule has 1 atom stereocenters. The Morgan fingerprint density at radius 1 is 1.35 bits per heavy atom. The number of hydrogen-bond acceptors (Lipinski definition) is 7. The molecule has 2 heterocycles. The van der Waals surface area contributed by atoms with Crippen molar-refractivity contribution in [3.05, 3.63) is 51.8 Å². The number of hydrogen-bond donors (Lipinski definition) is 3. The number of likely N-dealkylation sites (N-methyl/N-ethyl adjacent to an activating group) is 1. The first kappa shape index (κ1) is 23.0. The topological polar surface area (TPSA) is 106 Å². The summed E-state index contributed by atoms with van der Waals surface area (Å²) in [6.45, 7) is 5.00. The lowest BCUT2D eigenvalue weighted by atomic mass is 10.2. The van der Waals surface area contributed by atoms with Gasteiger partial charge in [-0.05, 0) is 49.0 Å². The normalized spacial score (nSPS) is 11.8. The number of rotatable bonds is 9. The number of carbonyl (C=O) groups excluding carboxylic acids is 1. The average molecular weight is 509 g/mol. The minimum atomic E-state index is -0.433. The SMILES string of the molecule is CCOc1nc(Nc2cnn([C@H](C)CNC)c2)ncc1C(=O)Nc1c(Cl)cccc1Br. The Morgan fingerprint density at radius 3 is 2.87 bits per heavy atom. The summed E-state index contributed by atoms with van der Waals surface area (Å²) in [6.07, 6.45) is 4.96. The third-order valence-corrected chi connectivity index (χ3v) is 5.27. The Morgan fingerprint density at radius 2 is 2.16 bits per heavy atom. The lowest BCUT2D eigenvalue weighted by molar-refractivity contribution is 0.102. The van der Waals surface area contributed by atoms with Crippen LogP contribution in [0.2, 0.25) is 5.02 Å². The summed E-state index contributed by atoms with van der Waals surface area (Å²) in [7, 11) is 1.89. The van der Waals surface area contributed by atoms with Crippen LogP contribution in [-0.4, -0.2) is 45.9 Å². The third kappa shape index (κ3) is 5.72. The van der Waals surface area contributed by atoms with Crippen LogP contribution in [-0.2, 0) is 0 Å². The van der Waals surface area contributed by atoms with Crippen molar-refractivity contribution in [3.63, 3.8) is 0 Å². The maximum Gasteiger partial charge on any atom is 0.262 e. The molecule has 0 saturated carbocycles. The van der Waals surface area contributed by atoms with E-state index in [9.17, 15) is 4.79 Å². The van der Waals surface area contributed by atoms with Gasteiger partial charge in [-0.3, -0.25) is 9.48 Å². The second-order valence-corrected chi connectivity index (χ2v) is 7.90. The van der Waals surface area contributed by atoms with Gasteiger partial charge in [0.15, 0.2) is 0 Å². The molecule has 31 heavy (non-hydrogen) atoms. The first-order chi connectivity index (χ1) is 14.9. The second kappa shape index (κ2) is 10.6. The fourth-order valence-corrected chi connectivity index (χ4v) is 3.59. The van der Waals surface area contributed by atoms with Crippen LogP contribution in [0.1, 0.15) is 30.2 Å². The molecule has 0 radical (unpaired) electrons. The molecule has 1 aromatic carbocycles. The average Bonchev–Trinajstić information content (AvgIpc) is 3.20. The zero-order valence-electron chi connectivity index (χ0n) is 17.3. The maximum atomic E-state index is 12.8. The summed E-state index contributed by atoms with van der Waals surface area (Å²) in [5.41, 5.74) is 1.38. The van der Waals surface area contributed by atoms with Crippen LogP contribution in [0, 0.1) is 0 Å². The molecule has 0 fully saturated rings. The summed E-state index contributed by atoms with van der Waals surface area (Å²) in [5, 5.41) is 13.7. The number of aromatic nitrogens is 4. The largest absolute Gasteiger partial charge is 0.477 e. The highest BCUT2D eigenvalue weighted by Crippen LogP contribution is 2.31. The molecule has 1 amide bonds. The highest BCUT2D eigenvalue weighted by atomic mass is 79.9. The quantitative estimate of drug-likeness (QED) is 0.396. The molecule has 0 unspecified atom stereocenters. The summed E-state index contributed by atoms with van der Waals surface area (Å²) in [6, 6.07) is 5.44. The van der Waals surface area contributed by atoms with Crippen LogP contribution < -0.4 is 20.7 Å². The van der Waals surface area contributed by atoms with E-state index in [2.05, 4.69) is 53.9 Å². The first-order valence-electron chi connectivity index (χ1n) is 9.63. The number of benzene rings is 1. The zero-order chi connectivity index (χ0) is 22.4. The number of anilines is 3. The van der Waals surface area contributed by atoms with Crippen molar-refractivity contribution in [2.45, 2.75) is 19.9 Å². The van der Waals surface area contributed by atoms with Gasteiger partial charge in [0.25, 0.3) is 5.91 Å². The minimum Gasteiger partial charge on any atom is -0.477 e. The van der Waals surface area contributed by atoms with Gasteiger partial charge in [-0.15, -0.1) is 0 Å². The lowest BCUT2D eigenvalue weighted by Gasteiger charge is -2.13. The lowest BCUT2D eigenvalue weighted by Crippen LogP contribution is -2.20. The maximum absolute atomic E-state index is 12.8. The van der Waals surface area contributed by atoms with E-state index in [4.69, 9.17) is 16.3 Å². The summed E-state index contributed by atoms with van der Waals surface area (Å²) >= 11 is 9.58. The standard InChI is InChI=1S/C20H23BrClN7O2/c1-4-31-19-14(18(30)27-17-15(21)6-5-7-16(17)22)10-24-20(28-19)26-13-9-25-29(11-13)12(2)8-23-3/h5-7,9-12,23H,4,8H2,1-3H3,(H,27,30)(H,24,26,28)/t12-/m1/s1. The van der Waals surface area contributed by atoms with Gasteiger partial charge in [0, 0.05) is 23.4 Å². The Labute approximate surface area is 193 Å². The number of para-hydroxylation sites is 1. The molecule has 0 aliphatic carbocycles. The van der Waals surface area contributed by atoms with E-state index in [1.807, 2.05) is 24.9 Å². The van der Waals surface area contributed by atoms with E-state index in [1.165, 1.54) is 6.20 Å². The molecule has 0 aliphatic heterocycles. The number of ether oxygens (including phenoxy) is 1. The Hall–Kier alpha value is -2.69. The molecule has 164 valence electrons. The summed E-state index contributed by atoms with van der Waals surface area (Å²) in [4.78, 5) is 21.4. The monoisotopic (exact) mass is 507 g/mol. The molecule has 11 heteroatoms. The van der Waals surface area contributed by atoms with Crippen molar-refractivity contribution in [1.29, 1.82) is 0 Å². The van der Waals surface area contributed by atoms with Crippen molar-refractivity contribution in [2.24, 2.45) is 0 Å². The van der Waals surface area contributed by atoms with Crippen molar-refractivity contribution in [1.82, 2.24) is 25.1 Å². The predicted molar refractivity (Wildman–Crippen MR) is 124 cm³/mol. The van der Waals surface area contributed by atoms with Crippen LogP contribution in [0.25, 0.3) is 0 Å². The molecule has 0 saturated heterocycles. The molecule has 3 N–H and O–H groups in total. The third-order valence-electron chi connectivity index (χ3n) is 4.29. The van der Waals surface area contributed by atoms with Crippen LogP contribution >= 0.6 is 27.5 Å². The predicted octanol–water partition coefficient (Wildman–Crippen LogP) is 4.26. The Balaban J connectivity index is 1.80. The van der Waals surface area contributed by atoms with Gasteiger partial charge in [0.05, 0.1) is 35.2 Å². The summed E-state index contributed by atoms with van der Waals surface area (Å²) < 4.78 is 8.09. The van der Waals surface area contributed by atoms with Crippen LogP contribution in [0.4, 0.5) is 17.3 Å². The number of amides is 1. The molecular formula is C20H23BrClN7O2. The van der Waals surface area contributed by atoms with Gasteiger partial charge in [-0.25, -0.2) is 4.98 Å². The smallest absolute Gasteiger partial charge is 0.262 e. The van der Waals surface area contributed by atoms with E-state index < -0.39 is 5.91 Å². The van der Waals surface area contributed by atoms with E-state index in [1.54, 1.807) is 24.4 Å². The van der Waals surface area contributed by atoms with Gasteiger partial charge in [-0.2, -0.15) is 10.1 Å². The highest BCUT2D eigenvalue weighted by Gasteiger charge is 2.19. The molecule has 2 aromatic heterocycles. The molecule has 3 aromatic rings. The molecule has 9 nitrogen and oxygen atoms in total.